The summed E-state index contributed by atoms with van der Waals surface area (Å²) in [5, 5.41) is 2.67. The molecule has 0 bridgehead atoms. The third-order valence-electron chi connectivity index (χ3n) is 4.36. The van der Waals surface area contributed by atoms with Crippen LogP contribution in [-0.2, 0) is 14.3 Å². The SMILES string of the molecule is COC(=O)c1cc(NC(=O)[C@H]2CC(=O)N(c3ccccc3Cl)C2)c(F)cc1F. The number of carbonyl (C=O) groups is 3. The van der Waals surface area contributed by atoms with Crippen molar-refractivity contribution in [3.8, 4) is 0 Å². The van der Waals surface area contributed by atoms with Crippen LogP contribution in [0, 0.1) is 17.6 Å². The molecular formula is C19H15ClF2N2O4. The highest BCUT2D eigenvalue weighted by atomic mass is 35.5. The standard InChI is InChI=1S/C19H15ClF2N2O4/c1-28-19(27)11-7-15(14(22)8-13(11)21)23-18(26)10-6-17(25)24(9-10)16-5-3-2-4-12(16)20/h2-5,7-8,10H,6,9H2,1H3,(H,23,26)/t10-/m0/s1. The fourth-order valence-electron chi connectivity index (χ4n) is 2.93. The molecule has 0 aliphatic carbocycles. The molecule has 1 atom stereocenters. The number of anilines is 2. The van der Waals surface area contributed by atoms with Gasteiger partial charge in [-0.3, -0.25) is 9.59 Å². The summed E-state index contributed by atoms with van der Waals surface area (Å²) in [5.74, 6) is -4.87. The van der Waals surface area contributed by atoms with Crippen LogP contribution in [-0.4, -0.2) is 31.4 Å². The van der Waals surface area contributed by atoms with Crippen LogP contribution in [0.5, 0.6) is 0 Å². The van der Waals surface area contributed by atoms with Crippen LogP contribution < -0.4 is 10.2 Å². The lowest BCUT2D eigenvalue weighted by atomic mass is 10.1. The summed E-state index contributed by atoms with van der Waals surface area (Å²) in [4.78, 5) is 37.7. The van der Waals surface area contributed by atoms with E-state index >= 15 is 0 Å². The molecule has 1 fully saturated rings. The van der Waals surface area contributed by atoms with E-state index in [1.807, 2.05) is 0 Å². The van der Waals surface area contributed by atoms with Crippen LogP contribution in [0.3, 0.4) is 0 Å². The number of methoxy groups -OCH3 is 1. The van der Waals surface area contributed by atoms with Crippen molar-refractivity contribution >= 4 is 40.8 Å². The first-order valence-corrected chi connectivity index (χ1v) is 8.62. The maximum atomic E-state index is 14.0. The molecular weight excluding hydrogens is 394 g/mol. The van der Waals surface area contributed by atoms with E-state index in [0.29, 0.717) is 16.8 Å². The highest BCUT2D eigenvalue weighted by Crippen LogP contribution is 2.31. The molecule has 1 aliphatic heterocycles. The van der Waals surface area contributed by atoms with E-state index in [2.05, 4.69) is 10.1 Å². The number of ether oxygens (including phenoxy) is 1. The Labute approximate surface area is 164 Å². The molecule has 6 nitrogen and oxygen atoms in total. The fraction of sp³-hybridized carbons (Fsp3) is 0.211. The third-order valence-corrected chi connectivity index (χ3v) is 4.68. The van der Waals surface area contributed by atoms with Crippen molar-refractivity contribution in [1.82, 2.24) is 0 Å². The number of hydrogen-bond acceptors (Lipinski definition) is 4. The van der Waals surface area contributed by atoms with E-state index in [-0.39, 0.29) is 24.6 Å². The molecule has 1 heterocycles. The second kappa shape index (κ2) is 7.93. The average Bonchev–Trinajstić information content (AvgIpc) is 3.05. The summed E-state index contributed by atoms with van der Waals surface area (Å²) in [6.45, 7) is 0.0566. The summed E-state index contributed by atoms with van der Waals surface area (Å²) >= 11 is 6.10. The minimum Gasteiger partial charge on any atom is -0.465 e. The van der Waals surface area contributed by atoms with E-state index in [4.69, 9.17) is 11.6 Å². The van der Waals surface area contributed by atoms with Crippen LogP contribution in [0.1, 0.15) is 16.8 Å². The Balaban J connectivity index is 1.78. The topological polar surface area (TPSA) is 75.7 Å². The van der Waals surface area contributed by atoms with Gasteiger partial charge in [0.15, 0.2) is 0 Å². The van der Waals surface area contributed by atoms with Gasteiger partial charge in [-0.2, -0.15) is 0 Å². The summed E-state index contributed by atoms with van der Waals surface area (Å²) in [5.41, 5.74) is -0.416. The van der Waals surface area contributed by atoms with Gasteiger partial charge in [0.25, 0.3) is 0 Å². The average molecular weight is 409 g/mol. The molecule has 3 rings (SSSR count). The van der Waals surface area contributed by atoms with Gasteiger partial charge in [0.05, 0.1) is 35.0 Å². The van der Waals surface area contributed by atoms with E-state index < -0.39 is 35.0 Å². The number of nitrogens with one attached hydrogen (secondary N) is 1. The number of carbonyl (C=O) groups excluding carboxylic acids is 3. The summed E-state index contributed by atoms with van der Waals surface area (Å²) in [7, 11) is 1.05. The molecule has 146 valence electrons. The summed E-state index contributed by atoms with van der Waals surface area (Å²) in [6, 6.07) is 8.05. The first kappa shape index (κ1) is 19.8. The molecule has 1 N–H and O–H groups in total. The van der Waals surface area contributed by atoms with E-state index in [0.717, 1.165) is 13.2 Å². The number of benzene rings is 2. The zero-order chi connectivity index (χ0) is 20.4. The van der Waals surface area contributed by atoms with Gasteiger partial charge in [-0.25, -0.2) is 13.6 Å². The Bertz CT molecular complexity index is 967. The molecule has 28 heavy (non-hydrogen) atoms. The second-order valence-electron chi connectivity index (χ2n) is 6.15. The van der Waals surface area contributed by atoms with Crippen LogP contribution in [0.25, 0.3) is 0 Å². The number of esters is 1. The third kappa shape index (κ3) is 3.82. The highest BCUT2D eigenvalue weighted by Gasteiger charge is 2.36. The maximum Gasteiger partial charge on any atom is 0.340 e. The minimum atomic E-state index is -1.11. The molecule has 0 radical (unpaired) electrons. The Morgan fingerprint density at radius 3 is 2.61 bits per heavy atom. The molecule has 2 amide bonds. The first-order valence-electron chi connectivity index (χ1n) is 8.25. The number of nitrogens with zero attached hydrogens (tertiary/aromatic N) is 1. The number of hydrogen-bond donors (Lipinski definition) is 1. The van der Waals surface area contributed by atoms with Crippen molar-refractivity contribution in [2.75, 3.05) is 23.9 Å². The van der Waals surface area contributed by atoms with Gasteiger partial charge in [-0.15, -0.1) is 0 Å². The Kier molecular flexibility index (Phi) is 5.60. The minimum absolute atomic E-state index is 0.0566. The van der Waals surface area contributed by atoms with Crippen LogP contribution in [0.4, 0.5) is 20.2 Å². The fourth-order valence-corrected chi connectivity index (χ4v) is 3.17. The molecule has 1 aliphatic rings. The zero-order valence-electron chi connectivity index (χ0n) is 14.7. The molecule has 0 saturated carbocycles. The number of amides is 2. The van der Waals surface area contributed by atoms with E-state index in [1.54, 1.807) is 24.3 Å². The van der Waals surface area contributed by atoms with Crippen molar-refractivity contribution in [2.24, 2.45) is 5.92 Å². The normalized spacial score (nSPS) is 16.2. The summed E-state index contributed by atoms with van der Waals surface area (Å²) < 4.78 is 32.2. The van der Waals surface area contributed by atoms with Crippen LogP contribution in [0.2, 0.25) is 5.02 Å². The van der Waals surface area contributed by atoms with Gasteiger partial charge < -0.3 is 15.0 Å². The quantitative estimate of drug-likeness (QED) is 0.787. The van der Waals surface area contributed by atoms with Gasteiger partial charge in [-0.05, 0) is 18.2 Å². The predicted molar refractivity (Wildman–Crippen MR) is 98.2 cm³/mol. The van der Waals surface area contributed by atoms with Crippen LogP contribution in [0.15, 0.2) is 36.4 Å². The Hall–Kier alpha value is -3.00. The molecule has 0 unspecified atom stereocenters. The lowest BCUT2D eigenvalue weighted by Crippen LogP contribution is -2.28. The van der Waals surface area contributed by atoms with E-state index in [9.17, 15) is 23.2 Å². The van der Waals surface area contributed by atoms with Crippen molar-refractivity contribution < 1.29 is 27.9 Å². The van der Waals surface area contributed by atoms with Gasteiger partial charge in [-0.1, -0.05) is 23.7 Å². The van der Waals surface area contributed by atoms with Crippen molar-refractivity contribution in [2.45, 2.75) is 6.42 Å². The Morgan fingerprint density at radius 1 is 1.21 bits per heavy atom. The molecule has 0 aromatic heterocycles. The highest BCUT2D eigenvalue weighted by molar-refractivity contribution is 6.33. The molecule has 1 saturated heterocycles. The van der Waals surface area contributed by atoms with Gasteiger partial charge in [0.1, 0.15) is 11.6 Å². The second-order valence-corrected chi connectivity index (χ2v) is 6.56. The number of rotatable bonds is 4. The van der Waals surface area contributed by atoms with Crippen LogP contribution >= 0.6 is 11.6 Å². The lowest BCUT2D eigenvalue weighted by Gasteiger charge is -2.18. The van der Waals surface area contributed by atoms with E-state index in [1.165, 1.54) is 4.90 Å². The lowest BCUT2D eigenvalue weighted by molar-refractivity contribution is -0.122. The van der Waals surface area contributed by atoms with Gasteiger partial charge >= 0.3 is 5.97 Å². The van der Waals surface area contributed by atoms with Crippen molar-refractivity contribution in [3.63, 3.8) is 0 Å². The first-order chi connectivity index (χ1) is 13.3. The molecule has 0 spiro atoms. The zero-order valence-corrected chi connectivity index (χ0v) is 15.4. The van der Waals surface area contributed by atoms with Crippen molar-refractivity contribution in [3.05, 3.63) is 58.6 Å². The van der Waals surface area contributed by atoms with Gasteiger partial charge in [0.2, 0.25) is 11.8 Å². The smallest absolute Gasteiger partial charge is 0.340 e. The molecule has 2 aromatic rings. The maximum absolute atomic E-state index is 14.0. The number of halogens is 3. The molecule has 2 aromatic carbocycles. The predicted octanol–water partition coefficient (Wildman–Crippen LogP) is 3.40. The number of para-hydroxylation sites is 1. The van der Waals surface area contributed by atoms with Crippen molar-refractivity contribution in [1.29, 1.82) is 0 Å². The summed E-state index contributed by atoms with van der Waals surface area (Å²) in [6.07, 6.45) is -0.0935. The Morgan fingerprint density at radius 2 is 1.93 bits per heavy atom. The monoisotopic (exact) mass is 408 g/mol. The molecule has 9 heteroatoms. The largest absolute Gasteiger partial charge is 0.465 e. The van der Waals surface area contributed by atoms with Gasteiger partial charge in [0, 0.05) is 19.0 Å².